The predicted molar refractivity (Wildman–Crippen MR) is 80.3 cm³/mol. The van der Waals surface area contributed by atoms with E-state index in [9.17, 15) is 9.59 Å². The molecular formula is C15H22N2O2S. The topological polar surface area (TPSA) is 49.4 Å². The van der Waals surface area contributed by atoms with E-state index in [1.807, 2.05) is 16.8 Å². The molecule has 0 radical (unpaired) electrons. The zero-order valence-electron chi connectivity index (χ0n) is 12.5. The number of thiophene rings is 1. The van der Waals surface area contributed by atoms with Crippen molar-refractivity contribution in [3.05, 3.63) is 22.4 Å². The molecule has 1 N–H and O–H groups in total. The number of hydrogen-bond acceptors (Lipinski definition) is 3. The largest absolute Gasteiger partial charge is 0.340 e. The Balaban J connectivity index is 2.27. The van der Waals surface area contributed by atoms with Crippen molar-refractivity contribution in [2.24, 2.45) is 5.92 Å². The van der Waals surface area contributed by atoms with Crippen molar-refractivity contribution in [2.75, 3.05) is 0 Å². The maximum absolute atomic E-state index is 12.6. The minimum Gasteiger partial charge on any atom is -0.340 e. The van der Waals surface area contributed by atoms with Crippen LogP contribution in [0.4, 0.5) is 0 Å². The summed E-state index contributed by atoms with van der Waals surface area (Å²) in [6.45, 7) is 8.18. The molecule has 2 amide bonds. The third-order valence-electron chi connectivity index (χ3n) is 3.54. The van der Waals surface area contributed by atoms with Gasteiger partial charge in [0, 0.05) is 6.54 Å². The molecule has 0 saturated carbocycles. The zero-order valence-corrected chi connectivity index (χ0v) is 13.3. The normalized spacial score (nSPS) is 22.2. The summed E-state index contributed by atoms with van der Waals surface area (Å²) in [5.41, 5.74) is 0.267. The first kappa shape index (κ1) is 15.0. The molecule has 0 spiro atoms. The van der Waals surface area contributed by atoms with E-state index in [0.29, 0.717) is 18.9 Å². The highest BCUT2D eigenvalue weighted by Crippen LogP contribution is 2.25. The Morgan fingerprint density at radius 3 is 2.65 bits per heavy atom. The summed E-state index contributed by atoms with van der Waals surface area (Å²) in [6, 6.07) is 1.64. The van der Waals surface area contributed by atoms with Crippen LogP contribution in [-0.4, -0.2) is 28.3 Å². The first-order valence-electron chi connectivity index (χ1n) is 6.95. The van der Waals surface area contributed by atoms with Crippen molar-refractivity contribution in [3.8, 4) is 0 Å². The average molecular weight is 294 g/mol. The highest BCUT2D eigenvalue weighted by molar-refractivity contribution is 7.07. The molecule has 1 unspecified atom stereocenters. The molecule has 0 aromatic carbocycles. The van der Waals surface area contributed by atoms with E-state index < -0.39 is 5.54 Å². The Morgan fingerprint density at radius 2 is 2.10 bits per heavy atom. The molecule has 5 heteroatoms. The lowest BCUT2D eigenvalue weighted by molar-refractivity contribution is -0.154. The van der Waals surface area contributed by atoms with E-state index in [2.05, 4.69) is 19.2 Å². The van der Waals surface area contributed by atoms with Crippen molar-refractivity contribution >= 4 is 23.2 Å². The van der Waals surface area contributed by atoms with Gasteiger partial charge >= 0.3 is 0 Å². The third kappa shape index (κ3) is 3.03. The quantitative estimate of drug-likeness (QED) is 0.927. The second-order valence-corrected chi connectivity index (χ2v) is 7.10. The zero-order chi connectivity index (χ0) is 14.9. The van der Waals surface area contributed by atoms with Gasteiger partial charge in [0.25, 0.3) is 0 Å². The summed E-state index contributed by atoms with van der Waals surface area (Å²) in [7, 11) is 0. The molecule has 1 aromatic rings. The lowest BCUT2D eigenvalue weighted by Gasteiger charge is -2.43. The second kappa shape index (κ2) is 5.56. The van der Waals surface area contributed by atoms with Crippen LogP contribution in [-0.2, 0) is 16.1 Å². The standard InChI is InChI=1S/C15H22N2O2S/c1-10(2)7-12-13(18)16-15(3,4)14(19)17(12)8-11-5-6-20-9-11/h5-6,9-10,12H,7-8H2,1-4H3,(H,16,18). The van der Waals surface area contributed by atoms with E-state index in [1.165, 1.54) is 0 Å². The first-order chi connectivity index (χ1) is 9.31. The molecule has 2 rings (SSSR count). The number of carbonyl (C=O) groups excluding carboxylic acids is 2. The number of amides is 2. The van der Waals surface area contributed by atoms with Crippen LogP contribution >= 0.6 is 11.3 Å². The van der Waals surface area contributed by atoms with Crippen LogP contribution in [0.3, 0.4) is 0 Å². The van der Waals surface area contributed by atoms with Gasteiger partial charge in [0.15, 0.2) is 0 Å². The molecule has 0 bridgehead atoms. The average Bonchev–Trinajstić information content (AvgIpc) is 2.83. The van der Waals surface area contributed by atoms with Crippen LogP contribution in [0, 0.1) is 5.92 Å². The van der Waals surface area contributed by atoms with Crippen LogP contribution in [0.5, 0.6) is 0 Å². The number of hydrogen-bond donors (Lipinski definition) is 1. The fraction of sp³-hybridized carbons (Fsp3) is 0.600. The Labute approximate surface area is 124 Å². The minimum absolute atomic E-state index is 0.00560. The van der Waals surface area contributed by atoms with Crippen LogP contribution in [0.25, 0.3) is 0 Å². The molecule has 1 saturated heterocycles. The van der Waals surface area contributed by atoms with Gasteiger partial charge in [0.05, 0.1) is 0 Å². The molecular weight excluding hydrogens is 272 g/mol. The minimum atomic E-state index is -0.819. The lowest BCUT2D eigenvalue weighted by atomic mass is 9.92. The number of nitrogens with one attached hydrogen (secondary N) is 1. The van der Waals surface area contributed by atoms with Crippen molar-refractivity contribution < 1.29 is 9.59 Å². The Bertz CT molecular complexity index is 494. The Hall–Kier alpha value is -1.36. The molecule has 110 valence electrons. The summed E-state index contributed by atoms with van der Waals surface area (Å²) < 4.78 is 0. The number of nitrogens with zero attached hydrogens (tertiary/aromatic N) is 1. The Morgan fingerprint density at radius 1 is 1.40 bits per heavy atom. The van der Waals surface area contributed by atoms with Gasteiger partial charge in [0.2, 0.25) is 11.8 Å². The van der Waals surface area contributed by atoms with Gasteiger partial charge < -0.3 is 10.2 Å². The number of carbonyl (C=O) groups is 2. The first-order valence-corrected chi connectivity index (χ1v) is 7.89. The van der Waals surface area contributed by atoms with Gasteiger partial charge in [-0.2, -0.15) is 11.3 Å². The summed E-state index contributed by atoms with van der Waals surface area (Å²) >= 11 is 1.61. The van der Waals surface area contributed by atoms with Gasteiger partial charge in [-0.05, 0) is 48.6 Å². The van der Waals surface area contributed by atoms with Crippen molar-refractivity contribution in [2.45, 2.75) is 52.2 Å². The highest BCUT2D eigenvalue weighted by Gasteiger charge is 2.45. The molecule has 1 atom stereocenters. The third-order valence-corrected chi connectivity index (χ3v) is 4.27. The summed E-state index contributed by atoms with van der Waals surface area (Å²) in [5, 5.41) is 6.86. The lowest BCUT2D eigenvalue weighted by Crippen LogP contribution is -2.67. The van der Waals surface area contributed by atoms with Crippen molar-refractivity contribution in [3.63, 3.8) is 0 Å². The SMILES string of the molecule is CC(C)CC1C(=O)NC(C)(C)C(=O)N1Cc1ccsc1. The summed E-state index contributed by atoms with van der Waals surface area (Å²) in [5.74, 6) is 0.317. The molecule has 1 aromatic heterocycles. The van der Waals surface area contributed by atoms with Crippen LogP contribution in [0.15, 0.2) is 16.8 Å². The monoisotopic (exact) mass is 294 g/mol. The van der Waals surface area contributed by atoms with E-state index in [1.54, 1.807) is 30.1 Å². The van der Waals surface area contributed by atoms with Crippen molar-refractivity contribution in [1.82, 2.24) is 10.2 Å². The van der Waals surface area contributed by atoms with E-state index in [4.69, 9.17) is 0 Å². The molecule has 1 fully saturated rings. The summed E-state index contributed by atoms with van der Waals surface area (Å²) in [6.07, 6.45) is 0.692. The van der Waals surface area contributed by atoms with Gasteiger partial charge in [-0.3, -0.25) is 9.59 Å². The highest BCUT2D eigenvalue weighted by atomic mass is 32.1. The molecule has 0 aliphatic carbocycles. The maximum atomic E-state index is 12.6. The van der Waals surface area contributed by atoms with Crippen LogP contribution < -0.4 is 5.32 Å². The van der Waals surface area contributed by atoms with Gasteiger partial charge in [-0.25, -0.2) is 0 Å². The maximum Gasteiger partial charge on any atom is 0.248 e. The van der Waals surface area contributed by atoms with Crippen LogP contribution in [0.2, 0.25) is 0 Å². The second-order valence-electron chi connectivity index (χ2n) is 6.32. The Kier molecular flexibility index (Phi) is 4.18. The van der Waals surface area contributed by atoms with Gasteiger partial charge in [-0.1, -0.05) is 13.8 Å². The van der Waals surface area contributed by atoms with E-state index >= 15 is 0 Å². The number of piperazine rings is 1. The number of rotatable bonds is 4. The van der Waals surface area contributed by atoms with E-state index in [0.717, 1.165) is 5.56 Å². The summed E-state index contributed by atoms with van der Waals surface area (Å²) in [4.78, 5) is 26.7. The molecule has 1 aliphatic rings. The van der Waals surface area contributed by atoms with E-state index in [-0.39, 0.29) is 17.9 Å². The predicted octanol–water partition coefficient (Wildman–Crippen LogP) is 2.40. The fourth-order valence-corrected chi connectivity index (χ4v) is 3.19. The molecule has 20 heavy (non-hydrogen) atoms. The van der Waals surface area contributed by atoms with Gasteiger partial charge in [-0.15, -0.1) is 0 Å². The molecule has 4 nitrogen and oxygen atoms in total. The molecule has 2 heterocycles. The smallest absolute Gasteiger partial charge is 0.248 e. The van der Waals surface area contributed by atoms with Gasteiger partial charge in [0.1, 0.15) is 11.6 Å². The fourth-order valence-electron chi connectivity index (χ4n) is 2.53. The van der Waals surface area contributed by atoms with Crippen LogP contribution in [0.1, 0.15) is 39.7 Å². The van der Waals surface area contributed by atoms with Crippen molar-refractivity contribution in [1.29, 1.82) is 0 Å². The molecule has 1 aliphatic heterocycles.